The van der Waals surface area contributed by atoms with Gasteiger partial charge in [-0.2, -0.15) is 26.3 Å². The maximum absolute atomic E-state index is 12.8. The van der Waals surface area contributed by atoms with Crippen LogP contribution in [0.5, 0.6) is 5.75 Å². The molecule has 1 aliphatic heterocycles. The van der Waals surface area contributed by atoms with Gasteiger partial charge in [-0.3, -0.25) is 4.79 Å². The summed E-state index contributed by atoms with van der Waals surface area (Å²) in [7, 11) is 1.67. The fraction of sp³-hybridized carbons (Fsp3) is 0.333. The summed E-state index contributed by atoms with van der Waals surface area (Å²) in [5, 5.41) is 14.2. The van der Waals surface area contributed by atoms with Gasteiger partial charge in [-0.15, -0.1) is 0 Å². The quantitative estimate of drug-likeness (QED) is 0.449. The zero-order chi connectivity index (χ0) is 30.3. The van der Waals surface area contributed by atoms with E-state index in [1.807, 2.05) is 52.9 Å². The Morgan fingerprint density at radius 2 is 1.38 bits per heavy atom. The van der Waals surface area contributed by atoms with E-state index in [2.05, 4.69) is 22.0 Å². The summed E-state index contributed by atoms with van der Waals surface area (Å²) < 4.78 is 70.6. The second-order valence-electron chi connectivity index (χ2n) is 8.18. The minimum absolute atomic E-state index is 0.000680. The van der Waals surface area contributed by atoms with Crippen LogP contribution in [0.15, 0.2) is 48.8 Å². The van der Waals surface area contributed by atoms with E-state index in [1.54, 1.807) is 7.11 Å². The van der Waals surface area contributed by atoms with Crippen molar-refractivity contribution < 1.29 is 55.7 Å². The summed E-state index contributed by atoms with van der Waals surface area (Å²) in [6.45, 7) is 5.03. The molecular formula is C24H24F6N4O6. The van der Waals surface area contributed by atoms with Crippen LogP contribution in [0.1, 0.15) is 16.1 Å². The normalized spacial score (nSPS) is 13.5. The number of alkyl halides is 6. The lowest BCUT2D eigenvalue weighted by Crippen LogP contribution is -2.48. The Kier molecular flexibility index (Phi) is 10.3. The van der Waals surface area contributed by atoms with Crippen molar-refractivity contribution in [2.45, 2.75) is 19.3 Å². The minimum atomic E-state index is -5.08. The van der Waals surface area contributed by atoms with Gasteiger partial charge in [-0.25, -0.2) is 14.6 Å². The number of amides is 1. The number of benzene rings is 1. The van der Waals surface area contributed by atoms with Gasteiger partial charge in [0.05, 0.1) is 7.11 Å². The van der Waals surface area contributed by atoms with Gasteiger partial charge in [0.1, 0.15) is 17.1 Å². The van der Waals surface area contributed by atoms with Crippen LogP contribution in [-0.4, -0.2) is 88.0 Å². The monoisotopic (exact) mass is 578 g/mol. The van der Waals surface area contributed by atoms with E-state index < -0.39 is 24.3 Å². The third-order valence-corrected chi connectivity index (χ3v) is 5.32. The fourth-order valence-electron chi connectivity index (χ4n) is 3.31. The maximum Gasteiger partial charge on any atom is 0.490 e. The van der Waals surface area contributed by atoms with Gasteiger partial charge in [-0.1, -0.05) is 0 Å². The average Bonchev–Trinajstić information content (AvgIpc) is 3.31. The van der Waals surface area contributed by atoms with Crippen LogP contribution in [0.4, 0.5) is 32.0 Å². The molecule has 2 N–H and O–H groups in total. The molecule has 1 aromatic carbocycles. The van der Waals surface area contributed by atoms with Crippen molar-refractivity contribution in [3.05, 3.63) is 60.0 Å². The van der Waals surface area contributed by atoms with Gasteiger partial charge in [0.25, 0.3) is 5.91 Å². The number of imidazole rings is 1. The minimum Gasteiger partial charge on any atom is -0.497 e. The average molecular weight is 578 g/mol. The third-order valence-electron chi connectivity index (χ3n) is 5.32. The number of aromatic nitrogens is 2. The van der Waals surface area contributed by atoms with Gasteiger partial charge < -0.3 is 29.2 Å². The number of carbonyl (C=O) groups is 3. The Hall–Kier alpha value is -4.50. The number of nitrogens with zero attached hydrogens (tertiary/aromatic N) is 4. The number of methoxy groups -OCH3 is 1. The number of pyridine rings is 1. The van der Waals surface area contributed by atoms with E-state index in [0.717, 1.165) is 35.7 Å². The van der Waals surface area contributed by atoms with E-state index in [4.69, 9.17) is 24.5 Å². The Bertz CT molecular complexity index is 1290. The lowest BCUT2D eigenvalue weighted by Gasteiger charge is -2.35. The number of carboxylic acid groups (broad SMARTS) is 2. The van der Waals surface area contributed by atoms with Gasteiger partial charge in [0.2, 0.25) is 0 Å². The van der Waals surface area contributed by atoms with Crippen LogP contribution in [-0.2, 0) is 9.59 Å². The predicted octanol–water partition coefficient (Wildman–Crippen LogP) is 3.88. The van der Waals surface area contributed by atoms with E-state index in [0.29, 0.717) is 18.8 Å². The molecule has 0 radical (unpaired) electrons. The molecule has 16 heteroatoms. The highest BCUT2D eigenvalue weighted by molar-refractivity contribution is 5.93. The fourth-order valence-corrected chi connectivity index (χ4v) is 3.31. The molecule has 0 spiro atoms. The molecule has 1 amide bonds. The molecule has 0 bridgehead atoms. The van der Waals surface area contributed by atoms with Crippen molar-refractivity contribution in [3.8, 4) is 5.75 Å². The first-order chi connectivity index (χ1) is 18.5. The van der Waals surface area contributed by atoms with Crippen molar-refractivity contribution in [2.24, 2.45) is 0 Å². The number of piperazine rings is 1. The van der Waals surface area contributed by atoms with Crippen LogP contribution in [0.2, 0.25) is 0 Å². The number of hydrogen-bond donors (Lipinski definition) is 2. The van der Waals surface area contributed by atoms with Crippen LogP contribution >= 0.6 is 0 Å². The number of aryl methyl sites for hydroxylation is 1. The van der Waals surface area contributed by atoms with Crippen LogP contribution < -0.4 is 9.64 Å². The van der Waals surface area contributed by atoms with Crippen LogP contribution in [0.25, 0.3) is 5.65 Å². The number of aliphatic carboxylic acids is 2. The molecule has 1 saturated heterocycles. The highest BCUT2D eigenvalue weighted by Gasteiger charge is 2.38. The second kappa shape index (κ2) is 13.0. The van der Waals surface area contributed by atoms with E-state index >= 15 is 0 Å². The molecule has 0 unspecified atom stereocenters. The molecule has 0 saturated carbocycles. The number of carboxylic acids is 2. The number of halogens is 6. The van der Waals surface area contributed by atoms with Gasteiger partial charge in [0, 0.05) is 44.3 Å². The first kappa shape index (κ1) is 31.7. The Balaban J connectivity index is 0.000000333. The number of hydrogen-bond acceptors (Lipinski definition) is 6. The first-order valence-electron chi connectivity index (χ1n) is 11.3. The van der Waals surface area contributed by atoms with Crippen LogP contribution in [0, 0.1) is 6.92 Å². The van der Waals surface area contributed by atoms with Crippen molar-refractivity contribution in [1.82, 2.24) is 14.3 Å². The summed E-state index contributed by atoms with van der Waals surface area (Å²) in [5.41, 5.74) is 3.61. The second-order valence-corrected chi connectivity index (χ2v) is 8.18. The Morgan fingerprint density at radius 1 is 0.875 bits per heavy atom. The first-order valence-corrected chi connectivity index (χ1v) is 11.3. The largest absolute Gasteiger partial charge is 0.497 e. The molecule has 1 aliphatic rings. The number of carbonyl (C=O) groups excluding carboxylic acids is 1. The maximum atomic E-state index is 12.8. The number of rotatable bonds is 3. The molecule has 0 aliphatic carbocycles. The Labute approximate surface area is 223 Å². The summed E-state index contributed by atoms with van der Waals surface area (Å²) in [4.78, 5) is 39.2. The summed E-state index contributed by atoms with van der Waals surface area (Å²) >= 11 is 0. The molecule has 40 heavy (non-hydrogen) atoms. The van der Waals surface area contributed by atoms with Crippen molar-refractivity contribution >= 4 is 29.2 Å². The molecule has 4 rings (SSSR count). The van der Waals surface area contributed by atoms with Crippen molar-refractivity contribution in [3.63, 3.8) is 0 Å². The molecule has 3 heterocycles. The topological polar surface area (TPSA) is 125 Å². The number of fused-ring (bicyclic) bond motifs is 1. The zero-order valence-corrected chi connectivity index (χ0v) is 21.0. The summed E-state index contributed by atoms with van der Waals surface area (Å²) in [6, 6.07) is 12.0. The van der Waals surface area contributed by atoms with E-state index in [1.165, 1.54) is 0 Å². The summed E-state index contributed by atoms with van der Waals surface area (Å²) in [5.74, 6) is -4.66. The Morgan fingerprint density at radius 3 is 1.82 bits per heavy atom. The lowest BCUT2D eigenvalue weighted by molar-refractivity contribution is -0.193. The molecule has 0 atom stereocenters. The smallest absolute Gasteiger partial charge is 0.490 e. The highest BCUT2D eigenvalue weighted by atomic mass is 19.4. The molecule has 10 nitrogen and oxygen atoms in total. The van der Waals surface area contributed by atoms with Crippen LogP contribution in [0.3, 0.4) is 0 Å². The molecule has 218 valence electrons. The van der Waals surface area contributed by atoms with Gasteiger partial charge in [0.15, 0.2) is 0 Å². The predicted molar refractivity (Wildman–Crippen MR) is 128 cm³/mol. The molecule has 3 aromatic rings. The zero-order valence-electron chi connectivity index (χ0n) is 21.0. The van der Waals surface area contributed by atoms with E-state index in [-0.39, 0.29) is 5.91 Å². The number of anilines is 1. The third kappa shape index (κ3) is 9.06. The highest BCUT2D eigenvalue weighted by Crippen LogP contribution is 2.21. The SMILES string of the molecule is COc1ccc(N2CCN(C(=O)c3cn4ccc(C)cc4n3)CC2)cc1.O=C(O)C(F)(F)F.O=C(O)C(F)(F)F. The van der Waals surface area contributed by atoms with Gasteiger partial charge >= 0.3 is 24.3 Å². The number of ether oxygens (including phenoxy) is 1. The van der Waals surface area contributed by atoms with Crippen molar-refractivity contribution in [2.75, 3.05) is 38.2 Å². The standard InChI is InChI=1S/C20H22N4O2.2C2HF3O2/c1-15-7-8-24-14-18(21-19(24)13-15)20(25)23-11-9-22(10-12-23)16-3-5-17(26-2)6-4-16;2*3-2(4,5)1(6)7/h3-8,13-14H,9-12H2,1-2H3;2*(H,6,7). The summed E-state index contributed by atoms with van der Waals surface area (Å²) in [6.07, 6.45) is -6.41. The van der Waals surface area contributed by atoms with Gasteiger partial charge in [-0.05, 0) is 48.9 Å². The molecular weight excluding hydrogens is 554 g/mol. The van der Waals surface area contributed by atoms with Crippen molar-refractivity contribution in [1.29, 1.82) is 0 Å². The lowest BCUT2D eigenvalue weighted by atomic mass is 10.2. The molecule has 1 fully saturated rings. The molecule has 2 aromatic heterocycles. The van der Waals surface area contributed by atoms with E-state index in [9.17, 15) is 31.1 Å².